The molecule has 0 aliphatic heterocycles. The van der Waals surface area contributed by atoms with Crippen LogP contribution < -0.4 is 0 Å². The smallest absolute Gasteiger partial charge is 0.291 e. The Hall–Kier alpha value is -0.112. The van der Waals surface area contributed by atoms with Gasteiger partial charge in [-0.2, -0.15) is 0 Å². The molecule has 0 fully saturated rings. The standard InChI is InChI=1S/Mo.HNO3/c;2-1(3)4/h;(H,2,3,4). The van der Waals surface area contributed by atoms with Crippen LogP contribution in [0, 0.1) is 10.1 Å². The van der Waals surface area contributed by atoms with Crippen LogP contribution in [0.15, 0.2) is 0 Å². The minimum atomic E-state index is -1.50. The molecule has 0 aromatic carbocycles. The second-order valence-corrected chi connectivity index (χ2v) is 0.238. The van der Waals surface area contributed by atoms with E-state index in [4.69, 9.17) is 15.3 Å². The Morgan fingerprint density at radius 2 is 1.80 bits per heavy atom. The van der Waals surface area contributed by atoms with Crippen LogP contribution in [0.4, 0.5) is 0 Å². The summed E-state index contributed by atoms with van der Waals surface area (Å²) >= 11 is 0. The predicted molar refractivity (Wildman–Crippen MR) is 8.78 cm³/mol. The largest absolute Gasteiger partial charge is 0.328 e. The molecule has 0 saturated heterocycles. The van der Waals surface area contributed by atoms with E-state index in [1.807, 2.05) is 0 Å². The summed E-state index contributed by atoms with van der Waals surface area (Å²) in [7, 11) is 0. The molecule has 5 heteroatoms. The first-order valence-corrected chi connectivity index (χ1v) is 0.565. The van der Waals surface area contributed by atoms with Gasteiger partial charge in [-0.1, -0.05) is 0 Å². The van der Waals surface area contributed by atoms with Gasteiger partial charge in [-0.15, -0.1) is 10.1 Å². The molecule has 0 aliphatic rings. The third kappa shape index (κ3) is 1110. The molecule has 0 heterocycles. The van der Waals surface area contributed by atoms with Crippen molar-refractivity contribution in [3.8, 4) is 0 Å². The van der Waals surface area contributed by atoms with Crippen molar-refractivity contribution in [2.24, 2.45) is 0 Å². The zero-order chi connectivity index (χ0) is 3.58. The maximum Gasteiger partial charge on any atom is 0.291 e. The second kappa shape index (κ2) is 3.89. The molecule has 0 aliphatic carbocycles. The van der Waals surface area contributed by atoms with Gasteiger partial charge in [0.2, 0.25) is 0 Å². The van der Waals surface area contributed by atoms with Crippen LogP contribution in [-0.2, 0) is 21.1 Å². The molecule has 0 bridgehead atoms. The van der Waals surface area contributed by atoms with Gasteiger partial charge in [0, 0.05) is 21.1 Å². The summed E-state index contributed by atoms with van der Waals surface area (Å²) in [5.41, 5.74) is 0. The average molecular weight is 159 g/mol. The number of rotatable bonds is 0. The van der Waals surface area contributed by atoms with Gasteiger partial charge in [0.25, 0.3) is 5.09 Å². The van der Waals surface area contributed by atoms with E-state index in [0.717, 1.165) is 0 Å². The van der Waals surface area contributed by atoms with E-state index in [1.165, 1.54) is 0 Å². The average Bonchev–Trinajstić information content (AvgIpc) is 0.811. The summed E-state index contributed by atoms with van der Waals surface area (Å²) in [4.78, 5) is 8.36. The van der Waals surface area contributed by atoms with Gasteiger partial charge >= 0.3 is 0 Å². The van der Waals surface area contributed by atoms with Crippen molar-refractivity contribution < 1.29 is 31.4 Å². The first-order valence-electron chi connectivity index (χ1n) is 0.565. The van der Waals surface area contributed by atoms with Crippen molar-refractivity contribution in [1.29, 1.82) is 0 Å². The zero-order valence-electron chi connectivity index (χ0n) is 2.12. The van der Waals surface area contributed by atoms with E-state index in [1.54, 1.807) is 0 Å². The van der Waals surface area contributed by atoms with Crippen molar-refractivity contribution in [2.75, 3.05) is 0 Å². The summed E-state index contributed by atoms with van der Waals surface area (Å²) in [5, 5.41) is 13.6. The molecule has 0 rings (SSSR count). The van der Waals surface area contributed by atoms with Crippen LogP contribution in [0.1, 0.15) is 0 Å². The van der Waals surface area contributed by atoms with Crippen LogP contribution in [0.2, 0.25) is 0 Å². The van der Waals surface area contributed by atoms with E-state index < -0.39 is 5.09 Å². The Morgan fingerprint density at radius 3 is 1.80 bits per heavy atom. The monoisotopic (exact) mass is 161 g/mol. The fraction of sp³-hybridized carbons (Fsp3) is 0. The van der Waals surface area contributed by atoms with Crippen LogP contribution in [0.3, 0.4) is 0 Å². The van der Waals surface area contributed by atoms with Crippen molar-refractivity contribution in [3.05, 3.63) is 10.1 Å². The molecular formula is HMoNO3. The molecule has 0 radical (unpaired) electrons. The summed E-state index contributed by atoms with van der Waals surface area (Å²) in [6.45, 7) is 0. The Labute approximate surface area is 42.2 Å². The fourth-order valence-electron chi connectivity index (χ4n) is 0. The quantitative estimate of drug-likeness (QED) is 0.298. The molecule has 0 aromatic rings. The van der Waals surface area contributed by atoms with Gasteiger partial charge in [-0.25, -0.2) is 0 Å². The fourth-order valence-corrected chi connectivity index (χ4v) is 0. The molecule has 0 aromatic heterocycles. The molecule has 0 saturated carbocycles. The molecule has 0 spiro atoms. The van der Waals surface area contributed by atoms with Gasteiger partial charge < -0.3 is 5.21 Å². The normalized spacial score (nSPS) is 4.80. The van der Waals surface area contributed by atoms with E-state index in [0.29, 0.717) is 0 Å². The molecule has 0 unspecified atom stereocenters. The molecule has 4 nitrogen and oxygen atoms in total. The Balaban J connectivity index is 0. The van der Waals surface area contributed by atoms with Gasteiger partial charge in [-0.05, 0) is 0 Å². The van der Waals surface area contributed by atoms with E-state index >= 15 is 0 Å². The summed E-state index contributed by atoms with van der Waals surface area (Å²) in [5.74, 6) is 0. The maximum absolute atomic E-state index is 8.36. The maximum atomic E-state index is 8.36. The minimum Gasteiger partial charge on any atom is -0.328 e. The summed E-state index contributed by atoms with van der Waals surface area (Å²) in [6.07, 6.45) is 0. The molecule has 5 heavy (non-hydrogen) atoms. The zero-order valence-corrected chi connectivity index (χ0v) is 4.13. The third-order valence-electron chi connectivity index (χ3n) is 0. The number of hydrogen-bond acceptors (Lipinski definition) is 2. The second-order valence-electron chi connectivity index (χ2n) is 0.238. The SMILES string of the molecule is O=[N+]([O-])O.[Mo]. The Kier molecular flexibility index (Phi) is 6.89. The summed E-state index contributed by atoms with van der Waals surface area (Å²) < 4.78 is 0. The first kappa shape index (κ1) is 8.86. The molecule has 30 valence electrons. The summed E-state index contributed by atoms with van der Waals surface area (Å²) in [6, 6.07) is 0. The van der Waals surface area contributed by atoms with E-state index in [-0.39, 0.29) is 21.1 Å². The first-order chi connectivity index (χ1) is 1.73. The van der Waals surface area contributed by atoms with E-state index in [2.05, 4.69) is 0 Å². The molecule has 0 amide bonds. The van der Waals surface area contributed by atoms with E-state index in [9.17, 15) is 0 Å². The molecular weight excluding hydrogens is 158 g/mol. The van der Waals surface area contributed by atoms with Crippen LogP contribution in [0.5, 0.6) is 0 Å². The van der Waals surface area contributed by atoms with Gasteiger partial charge in [0.1, 0.15) is 0 Å². The predicted octanol–water partition coefficient (Wildman–Crippen LogP) is -0.350. The topological polar surface area (TPSA) is 63.4 Å². The minimum absolute atomic E-state index is 0. The van der Waals surface area contributed by atoms with Crippen molar-refractivity contribution >= 4 is 0 Å². The van der Waals surface area contributed by atoms with Gasteiger partial charge in [0.15, 0.2) is 0 Å². The third-order valence-corrected chi connectivity index (χ3v) is 0. The molecule has 0 atom stereocenters. The number of hydrogen-bond donors (Lipinski definition) is 1. The Morgan fingerprint density at radius 1 is 1.80 bits per heavy atom. The van der Waals surface area contributed by atoms with Gasteiger partial charge in [0.05, 0.1) is 0 Å². The number of nitrogens with zero attached hydrogens (tertiary/aromatic N) is 1. The Bertz CT molecular complexity index is 29.9. The van der Waals surface area contributed by atoms with Crippen LogP contribution in [-0.4, -0.2) is 10.3 Å². The van der Waals surface area contributed by atoms with Crippen molar-refractivity contribution in [2.45, 2.75) is 0 Å². The molecule has 1 N–H and O–H groups in total. The van der Waals surface area contributed by atoms with Crippen molar-refractivity contribution in [3.63, 3.8) is 0 Å². The van der Waals surface area contributed by atoms with Crippen LogP contribution in [0.25, 0.3) is 0 Å². The van der Waals surface area contributed by atoms with Crippen LogP contribution >= 0.6 is 0 Å². The van der Waals surface area contributed by atoms with Crippen molar-refractivity contribution in [1.82, 2.24) is 0 Å². The van der Waals surface area contributed by atoms with Gasteiger partial charge in [-0.3, -0.25) is 0 Å².